The standard InChI is InChI=1S/C8H12N2O2/c1-4-3-5-6(4)10(2)8(12)9-7(5)11/h4-6H,3H2,1-2H3,(H,9,11,12). The molecule has 1 saturated carbocycles. The number of imide groups is 1. The Labute approximate surface area is 70.9 Å². The summed E-state index contributed by atoms with van der Waals surface area (Å²) in [7, 11) is 1.75. The molecule has 12 heavy (non-hydrogen) atoms. The molecule has 0 radical (unpaired) electrons. The molecule has 1 aliphatic carbocycles. The van der Waals surface area contributed by atoms with Gasteiger partial charge in [-0.1, -0.05) is 6.92 Å². The van der Waals surface area contributed by atoms with Gasteiger partial charge in [0.1, 0.15) is 0 Å². The van der Waals surface area contributed by atoms with Gasteiger partial charge in [-0.2, -0.15) is 0 Å². The highest BCUT2D eigenvalue weighted by Crippen LogP contribution is 2.39. The number of fused-ring (bicyclic) bond motifs is 1. The molecule has 2 fully saturated rings. The number of carbonyl (C=O) groups is 2. The molecule has 3 amide bonds. The highest BCUT2D eigenvalue weighted by atomic mass is 16.2. The topological polar surface area (TPSA) is 49.4 Å². The van der Waals surface area contributed by atoms with Crippen molar-refractivity contribution in [1.29, 1.82) is 0 Å². The van der Waals surface area contributed by atoms with Gasteiger partial charge in [0, 0.05) is 13.1 Å². The number of hydrogen-bond donors (Lipinski definition) is 1. The predicted octanol–water partition coefficient (Wildman–Crippen LogP) is 0.193. The van der Waals surface area contributed by atoms with Crippen molar-refractivity contribution in [3.8, 4) is 0 Å². The molecule has 4 heteroatoms. The van der Waals surface area contributed by atoms with E-state index in [1.54, 1.807) is 11.9 Å². The van der Waals surface area contributed by atoms with Gasteiger partial charge in [-0.15, -0.1) is 0 Å². The molecule has 3 atom stereocenters. The number of rotatable bonds is 0. The molecule has 3 unspecified atom stereocenters. The molecule has 1 saturated heterocycles. The lowest BCUT2D eigenvalue weighted by Crippen LogP contribution is -2.66. The van der Waals surface area contributed by atoms with Crippen molar-refractivity contribution in [2.75, 3.05) is 7.05 Å². The molecule has 0 aromatic rings. The monoisotopic (exact) mass is 168 g/mol. The van der Waals surface area contributed by atoms with Crippen molar-refractivity contribution in [1.82, 2.24) is 10.2 Å². The van der Waals surface area contributed by atoms with Crippen LogP contribution in [0.1, 0.15) is 13.3 Å². The van der Waals surface area contributed by atoms with E-state index in [0.29, 0.717) is 5.92 Å². The predicted molar refractivity (Wildman–Crippen MR) is 42.4 cm³/mol. The Bertz CT molecular complexity index is 235. The minimum atomic E-state index is -0.257. The van der Waals surface area contributed by atoms with Gasteiger partial charge < -0.3 is 4.90 Å². The van der Waals surface area contributed by atoms with Crippen LogP contribution in [0.2, 0.25) is 0 Å². The minimum Gasteiger partial charge on any atom is -0.323 e. The molecular formula is C8H12N2O2. The van der Waals surface area contributed by atoms with Crippen molar-refractivity contribution < 1.29 is 9.59 Å². The summed E-state index contributed by atoms with van der Waals surface area (Å²) >= 11 is 0. The van der Waals surface area contributed by atoms with Crippen LogP contribution < -0.4 is 5.32 Å². The normalized spacial score (nSPS) is 40.2. The summed E-state index contributed by atoms with van der Waals surface area (Å²) in [5.74, 6) is 0.416. The minimum absolute atomic E-state index is 0.0442. The van der Waals surface area contributed by atoms with Crippen molar-refractivity contribution in [3.63, 3.8) is 0 Å². The maximum Gasteiger partial charge on any atom is 0.324 e. The number of hydrogen-bond acceptors (Lipinski definition) is 2. The first-order chi connectivity index (χ1) is 5.61. The third-order valence-electron chi connectivity index (χ3n) is 2.96. The van der Waals surface area contributed by atoms with Gasteiger partial charge in [-0.3, -0.25) is 10.1 Å². The largest absolute Gasteiger partial charge is 0.324 e. The van der Waals surface area contributed by atoms with E-state index >= 15 is 0 Å². The summed E-state index contributed by atoms with van der Waals surface area (Å²) in [5, 5.41) is 2.33. The van der Waals surface area contributed by atoms with E-state index in [-0.39, 0.29) is 23.9 Å². The molecule has 66 valence electrons. The first kappa shape index (κ1) is 7.58. The van der Waals surface area contributed by atoms with Gasteiger partial charge in [-0.25, -0.2) is 4.79 Å². The van der Waals surface area contributed by atoms with E-state index in [0.717, 1.165) is 6.42 Å². The Balaban J connectivity index is 2.20. The third-order valence-corrected chi connectivity index (χ3v) is 2.96. The Hall–Kier alpha value is -1.06. The van der Waals surface area contributed by atoms with Crippen LogP contribution >= 0.6 is 0 Å². The molecule has 1 aliphatic heterocycles. The fraction of sp³-hybridized carbons (Fsp3) is 0.750. The van der Waals surface area contributed by atoms with Crippen LogP contribution in [0.15, 0.2) is 0 Å². The fourth-order valence-electron chi connectivity index (χ4n) is 2.22. The fourth-order valence-corrected chi connectivity index (χ4v) is 2.22. The summed E-state index contributed by atoms with van der Waals surface area (Å²) in [5.41, 5.74) is 0. The average molecular weight is 168 g/mol. The molecule has 1 heterocycles. The molecule has 0 bridgehead atoms. The zero-order valence-electron chi connectivity index (χ0n) is 7.20. The zero-order chi connectivity index (χ0) is 8.88. The van der Waals surface area contributed by atoms with Gasteiger partial charge >= 0.3 is 6.03 Å². The first-order valence-corrected chi connectivity index (χ1v) is 4.19. The number of carbonyl (C=O) groups excluding carboxylic acids is 2. The molecule has 2 aliphatic rings. The van der Waals surface area contributed by atoms with Crippen molar-refractivity contribution in [2.45, 2.75) is 19.4 Å². The molecule has 0 spiro atoms. The Morgan fingerprint density at radius 1 is 1.50 bits per heavy atom. The Morgan fingerprint density at radius 3 is 2.75 bits per heavy atom. The molecule has 4 nitrogen and oxygen atoms in total. The number of nitrogens with zero attached hydrogens (tertiary/aromatic N) is 1. The highest BCUT2D eigenvalue weighted by molar-refractivity contribution is 5.99. The number of amides is 3. The van der Waals surface area contributed by atoms with E-state index in [1.165, 1.54) is 0 Å². The zero-order valence-corrected chi connectivity index (χ0v) is 7.20. The second kappa shape index (κ2) is 2.21. The number of nitrogens with one attached hydrogen (secondary N) is 1. The lowest BCUT2D eigenvalue weighted by Gasteiger charge is -2.49. The van der Waals surface area contributed by atoms with E-state index in [2.05, 4.69) is 12.2 Å². The third kappa shape index (κ3) is 0.777. The van der Waals surface area contributed by atoms with Gasteiger partial charge in [0.2, 0.25) is 5.91 Å². The maximum absolute atomic E-state index is 11.2. The van der Waals surface area contributed by atoms with Gasteiger partial charge in [0.15, 0.2) is 0 Å². The van der Waals surface area contributed by atoms with Crippen LogP contribution in [0, 0.1) is 11.8 Å². The van der Waals surface area contributed by atoms with Gasteiger partial charge in [0.05, 0.1) is 5.92 Å². The van der Waals surface area contributed by atoms with Gasteiger partial charge in [-0.05, 0) is 12.3 Å². The van der Waals surface area contributed by atoms with Crippen LogP contribution in [0.5, 0.6) is 0 Å². The summed E-state index contributed by atoms with van der Waals surface area (Å²) in [4.78, 5) is 24.0. The van der Waals surface area contributed by atoms with Crippen LogP contribution in [-0.2, 0) is 4.79 Å². The van der Waals surface area contributed by atoms with Crippen molar-refractivity contribution >= 4 is 11.9 Å². The lowest BCUT2D eigenvalue weighted by atomic mass is 9.68. The van der Waals surface area contributed by atoms with E-state index < -0.39 is 0 Å². The summed E-state index contributed by atoms with van der Waals surface area (Å²) in [6.07, 6.45) is 0.911. The van der Waals surface area contributed by atoms with E-state index in [1.807, 2.05) is 0 Å². The maximum atomic E-state index is 11.2. The summed E-state index contributed by atoms with van der Waals surface area (Å²) in [6, 6.07) is -0.112. The first-order valence-electron chi connectivity index (χ1n) is 4.19. The Kier molecular flexibility index (Phi) is 1.40. The molecule has 2 rings (SSSR count). The SMILES string of the molecule is CC1CC2C(=O)NC(=O)N(C)C12. The second-order valence-corrected chi connectivity index (χ2v) is 3.72. The lowest BCUT2D eigenvalue weighted by molar-refractivity contribution is -0.135. The van der Waals surface area contributed by atoms with Crippen LogP contribution in [0.4, 0.5) is 4.79 Å². The summed E-state index contributed by atoms with van der Waals surface area (Å²) in [6.45, 7) is 2.07. The molecule has 0 aromatic heterocycles. The average Bonchev–Trinajstić information content (AvgIpc) is 1.97. The molecule has 1 N–H and O–H groups in total. The second-order valence-electron chi connectivity index (χ2n) is 3.72. The van der Waals surface area contributed by atoms with Crippen LogP contribution in [-0.4, -0.2) is 29.9 Å². The highest BCUT2D eigenvalue weighted by Gasteiger charge is 2.50. The quantitative estimate of drug-likeness (QED) is 0.561. The summed E-state index contributed by atoms with van der Waals surface area (Å²) < 4.78 is 0. The number of urea groups is 1. The smallest absolute Gasteiger partial charge is 0.323 e. The molecule has 0 aromatic carbocycles. The van der Waals surface area contributed by atoms with Crippen LogP contribution in [0.25, 0.3) is 0 Å². The van der Waals surface area contributed by atoms with Crippen LogP contribution in [0.3, 0.4) is 0 Å². The van der Waals surface area contributed by atoms with Gasteiger partial charge in [0.25, 0.3) is 0 Å². The van der Waals surface area contributed by atoms with Crippen molar-refractivity contribution in [2.24, 2.45) is 11.8 Å². The molecular weight excluding hydrogens is 156 g/mol. The Morgan fingerprint density at radius 2 is 2.17 bits per heavy atom. The van der Waals surface area contributed by atoms with Crippen molar-refractivity contribution in [3.05, 3.63) is 0 Å². The van der Waals surface area contributed by atoms with E-state index in [9.17, 15) is 9.59 Å². The van der Waals surface area contributed by atoms with E-state index in [4.69, 9.17) is 0 Å².